The minimum Gasteiger partial charge on any atom is -0.493 e. The lowest BCUT2D eigenvalue weighted by atomic mass is 10.1. The number of hydrogen-bond acceptors (Lipinski definition) is 6. The largest absolute Gasteiger partial charge is 0.493 e. The van der Waals surface area contributed by atoms with Crippen LogP contribution in [-0.2, 0) is 16.2 Å². The number of thiocarbonyl (C=S) groups is 1. The van der Waals surface area contributed by atoms with Gasteiger partial charge in [-0.25, -0.2) is 4.79 Å². The molecule has 0 unspecified atom stereocenters. The zero-order valence-electron chi connectivity index (χ0n) is 16.4. The highest BCUT2D eigenvalue weighted by Crippen LogP contribution is 2.40. The second-order valence-corrected chi connectivity index (χ2v) is 9.42. The van der Waals surface area contributed by atoms with E-state index in [4.69, 9.17) is 33.3 Å². The Labute approximate surface area is 202 Å². The van der Waals surface area contributed by atoms with Crippen molar-refractivity contribution in [3.05, 3.63) is 61.9 Å². The van der Waals surface area contributed by atoms with Crippen LogP contribution in [0.15, 0.2) is 45.8 Å². The van der Waals surface area contributed by atoms with E-state index in [0.717, 1.165) is 22.2 Å². The standard InChI is InChI=1S/C21H17BrClNO5S2/c1-11(20(26)27)24-19(25)17(31-21(24)30)9-12-7-14(22)18(16(8-12)28-2)29-10-13-5-3-4-6-15(13)23/h3-9,11H,10H2,1-2H3,(H,26,27)/b17-9-/t11-/m1/s1. The second kappa shape index (κ2) is 10.0. The van der Waals surface area contributed by atoms with E-state index in [1.165, 1.54) is 14.0 Å². The summed E-state index contributed by atoms with van der Waals surface area (Å²) in [5.41, 5.74) is 1.50. The molecule has 1 fully saturated rings. The first-order chi connectivity index (χ1) is 14.7. The first-order valence-electron chi connectivity index (χ1n) is 8.96. The van der Waals surface area contributed by atoms with Gasteiger partial charge in [0.1, 0.15) is 17.0 Å². The van der Waals surface area contributed by atoms with Gasteiger partial charge >= 0.3 is 5.97 Å². The molecule has 1 aliphatic rings. The van der Waals surface area contributed by atoms with Crippen LogP contribution in [-0.4, -0.2) is 39.4 Å². The number of benzene rings is 2. The fourth-order valence-corrected chi connectivity index (χ4v) is 4.99. The molecule has 31 heavy (non-hydrogen) atoms. The predicted molar refractivity (Wildman–Crippen MR) is 129 cm³/mol. The Kier molecular flexibility index (Phi) is 7.64. The Morgan fingerprint density at radius 1 is 1.39 bits per heavy atom. The number of methoxy groups -OCH3 is 1. The molecule has 1 N–H and O–H groups in total. The van der Waals surface area contributed by atoms with Crippen LogP contribution in [0.25, 0.3) is 6.08 Å². The van der Waals surface area contributed by atoms with Crippen molar-refractivity contribution in [2.45, 2.75) is 19.6 Å². The molecule has 1 atom stereocenters. The molecule has 2 aromatic rings. The van der Waals surface area contributed by atoms with Gasteiger partial charge in [-0.2, -0.15) is 0 Å². The highest BCUT2D eigenvalue weighted by Gasteiger charge is 2.38. The molecule has 0 saturated carbocycles. The minimum atomic E-state index is -1.12. The van der Waals surface area contributed by atoms with E-state index >= 15 is 0 Å². The molecule has 0 radical (unpaired) electrons. The molecule has 1 aliphatic heterocycles. The third kappa shape index (κ3) is 5.23. The van der Waals surface area contributed by atoms with Gasteiger partial charge in [-0.1, -0.05) is 53.8 Å². The van der Waals surface area contributed by atoms with E-state index in [1.807, 2.05) is 18.2 Å². The van der Waals surface area contributed by atoms with E-state index < -0.39 is 17.9 Å². The number of halogens is 2. The number of carbonyl (C=O) groups excluding carboxylic acids is 1. The van der Waals surface area contributed by atoms with E-state index in [0.29, 0.717) is 31.5 Å². The number of thioether (sulfide) groups is 1. The lowest BCUT2D eigenvalue weighted by molar-refractivity contribution is -0.144. The Hall–Kier alpha value is -2.07. The van der Waals surface area contributed by atoms with Crippen LogP contribution < -0.4 is 9.47 Å². The number of nitrogens with zero attached hydrogens (tertiary/aromatic N) is 1. The Morgan fingerprint density at radius 2 is 2.10 bits per heavy atom. The summed E-state index contributed by atoms with van der Waals surface area (Å²) in [5.74, 6) is -0.616. The van der Waals surface area contributed by atoms with Crippen molar-refractivity contribution < 1.29 is 24.2 Å². The Balaban J connectivity index is 1.86. The fraction of sp³-hybridized carbons (Fsp3) is 0.190. The monoisotopic (exact) mass is 541 g/mol. The normalized spacial score (nSPS) is 16.0. The summed E-state index contributed by atoms with van der Waals surface area (Å²) in [7, 11) is 1.52. The summed E-state index contributed by atoms with van der Waals surface area (Å²) in [6, 6.07) is 9.84. The molecule has 0 spiro atoms. The van der Waals surface area contributed by atoms with Gasteiger partial charge in [0.15, 0.2) is 11.5 Å². The van der Waals surface area contributed by atoms with Gasteiger partial charge in [0.25, 0.3) is 5.91 Å². The van der Waals surface area contributed by atoms with Crippen LogP contribution in [0, 0.1) is 0 Å². The molecule has 1 saturated heterocycles. The summed E-state index contributed by atoms with van der Waals surface area (Å²) in [6.45, 7) is 1.67. The highest BCUT2D eigenvalue weighted by atomic mass is 79.9. The van der Waals surface area contributed by atoms with E-state index in [2.05, 4.69) is 15.9 Å². The molecule has 0 aromatic heterocycles. The molecule has 0 bridgehead atoms. The van der Waals surface area contributed by atoms with Gasteiger partial charge in [0, 0.05) is 10.6 Å². The molecule has 1 amide bonds. The smallest absolute Gasteiger partial charge is 0.326 e. The summed E-state index contributed by atoms with van der Waals surface area (Å²) >= 11 is 15.9. The maximum Gasteiger partial charge on any atom is 0.326 e. The van der Waals surface area contributed by atoms with Crippen molar-refractivity contribution in [2.75, 3.05) is 7.11 Å². The number of amides is 1. The molecule has 6 nitrogen and oxygen atoms in total. The highest BCUT2D eigenvalue weighted by molar-refractivity contribution is 9.10. The molecule has 0 aliphatic carbocycles. The Bertz CT molecular complexity index is 1090. The number of carboxylic acids is 1. The minimum absolute atomic E-state index is 0.205. The van der Waals surface area contributed by atoms with Gasteiger partial charge in [-0.05, 0) is 52.7 Å². The van der Waals surface area contributed by atoms with Crippen molar-refractivity contribution in [3.8, 4) is 11.5 Å². The van der Waals surface area contributed by atoms with Crippen LogP contribution in [0.1, 0.15) is 18.1 Å². The predicted octanol–water partition coefficient (Wildman–Crippen LogP) is 5.36. The van der Waals surface area contributed by atoms with E-state index in [-0.39, 0.29) is 10.9 Å². The summed E-state index contributed by atoms with van der Waals surface area (Å²) in [5, 5.41) is 9.82. The second-order valence-electron chi connectivity index (χ2n) is 6.48. The van der Waals surface area contributed by atoms with Gasteiger partial charge in [-0.3, -0.25) is 9.69 Å². The van der Waals surface area contributed by atoms with Crippen molar-refractivity contribution in [2.24, 2.45) is 0 Å². The molecule has 2 aromatic carbocycles. The van der Waals surface area contributed by atoms with Crippen LogP contribution in [0.3, 0.4) is 0 Å². The van der Waals surface area contributed by atoms with Crippen LogP contribution in [0.4, 0.5) is 0 Å². The number of hydrogen-bond donors (Lipinski definition) is 1. The number of carbonyl (C=O) groups is 2. The average molecular weight is 543 g/mol. The maximum absolute atomic E-state index is 12.7. The van der Waals surface area contributed by atoms with Gasteiger partial charge in [0.05, 0.1) is 16.5 Å². The topological polar surface area (TPSA) is 76.1 Å². The number of carboxylic acid groups (broad SMARTS) is 1. The van der Waals surface area contributed by atoms with Crippen molar-refractivity contribution >= 4 is 73.8 Å². The van der Waals surface area contributed by atoms with Gasteiger partial charge < -0.3 is 14.6 Å². The first-order valence-corrected chi connectivity index (χ1v) is 11.4. The molecular formula is C21H17BrClNO5S2. The van der Waals surface area contributed by atoms with Gasteiger partial charge in [-0.15, -0.1) is 0 Å². The average Bonchev–Trinajstić information content (AvgIpc) is 3.00. The maximum atomic E-state index is 12.7. The third-order valence-corrected chi connectivity index (χ3v) is 6.74. The quantitative estimate of drug-likeness (QED) is 0.373. The number of aliphatic carboxylic acids is 1. The van der Waals surface area contributed by atoms with Crippen molar-refractivity contribution in [1.29, 1.82) is 0 Å². The zero-order chi connectivity index (χ0) is 22.7. The molecule has 10 heteroatoms. The summed E-state index contributed by atoms with van der Waals surface area (Å²) in [4.78, 5) is 25.4. The SMILES string of the molecule is COc1cc(/C=C2\SC(=S)N([C@H](C)C(=O)O)C2=O)cc(Br)c1OCc1ccccc1Cl. The van der Waals surface area contributed by atoms with E-state index in [9.17, 15) is 14.7 Å². The molecular weight excluding hydrogens is 526 g/mol. The van der Waals surface area contributed by atoms with E-state index in [1.54, 1.807) is 24.3 Å². The fourth-order valence-electron chi connectivity index (χ4n) is 2.80. The van der Waals surface area contributed by atoms with Crippen LogP contribution >= 0.6 is 51.5 Å². The first kappa shape index (κ1) is 23.6. The molecule has 162 valence electrons. The number of ether oxygens (including phenoxy) is 2. The van der Waals surface area contributed by atoms with Gasteiger partial charge in [0.2, 0.25) is 0 Å². The molecule has 1 heterocycles. The van der Waals surface area contributed by atoms with Crippen LogP contribution in [0.2, 0.25) is 5.02 Å². The third-order valence-electron chi connectivity index (χ3n) is 4.45. The lowest BCUT2D eigenvalue weighted by Gasteiger charge is -2.18. The molecule has 3 rings (SSSR count). The van der Waals surface area contributed by atoms with Crippen LogP contribution in [0.5, 0.6) is 11.5 Å². The van der Waals surface area contributed by atoms with Crippen molar-refractivity contribution in [3.63, 3.8) is 0 Å². The zero-order valence-corrected chi connectivity index (χ0v) is 20.4. The lowest BCUT2D eigenvalue weighted by Crippen LogP contribution is -2.41. The Morgan fingerprint density at radius 3 is 2.74 bits per heavy atom. The van der Waals surface area contributed by atoms with Crippen molar-refractivity contribution in [1.82, 2.24) is 4.90 Å². The summed E-state index contributed by atoms with van der Waals surface area (Å²) < 4.78 is 12.2. The number of rotatable bonds is 7. The summed E-state index contributed by atoms with van der Waals surface area (Å²) in [6.07, 6.45) is 1.64.